The van der Waals surface area contributed by atoms with E-state index in [9.17, 15) is 4.79 Å². The molecule has 140 valence electrons. The maximum absolute atomic E-state index is 12.7. The zero-order valence-corrected chi connectivity index (χ0v) is 16.7. The molecule has 0 aromatic carbocycles. The lowest BCUT2D eigenvalue weighted by Crippen LogP contribution is -2.37. The Balaban J connectivity index is 2.14. The van der Waals surface area contributed by atoms with E-state index in [1.807, 2.05) is 13.0 Å². The number of pyridine rings is 1. The van der Waals surface area contributed by atoms with E-state index in [0.717, 1.165) is 73.4 Å². The number of carbonyl (C=O) groups is 1. The number of nitrogens with one attached hydrogen (secondary N) is 1. The van der Waals surface area contributed by atoms with E-state index >= 15 is 0 Å². The van der Waals surface area contributed by atoms with Crippen LogP contribution in [0.4, 0.5) is 5.82 Å². The van der Waals surface area contributed by atoms with Crippen LogP contribution in [0.3, 0.4) is 0 Å². The van der Waals surface area contributed by atoms with Gasteiger partial charge in [-0.15, -0.1) is 11.8 Å². The number of hydrogen-bond acceptors (Lipinski definition) is 5. The Hall–Kier alpha value is -1.27. The average molecular weight is 366 g/mol. The summed E-state index contributed by atoms with van der Waals surface area (Å²) < 4.78 is 5.42. The van der Waals surface area contributed by atoms with Crippen molar-refractivity contribution in [1.29, 1.82) is 0 Å². The highest BCUT2D eigenvalue weighted by Gasteiger charge is 2.20. The SMILES string of the molecule is CCSc1nc(N2CCOCC2)cc(C)c1C(=O)NCCCC(C)C. The van der Waals surface area contributed by atoms with Gasteiger partial charge in [-0.25, -0.2) is 4.98 Å². The Morgan fingerprint density at radius 3 is 2.76 bits per heavy atom. The highest BCUT2D eigenvalue weighted by atomic mass is 32.2. The third kappa shape index (κ3) is 5.89. The van der Waals surface area contributed by atoms with Crippen molar-refractivity contribution in [3.05, 3.63) is 17.2 Å². The van der Waals surface area contributed by atoms with E-state index in [1.54, 1.807) is 11.8 Å². The molecule has 6 heteroatoms. The minimum Gasteiger partial charge on any atom is -0.378 e. The van der Waals surface area contributed by atoms with Crippen molar-refractivity contribution < 1.29 is 9.53 Å². The lowest BCUT2D eigenvalue weighted by atomic mass is 10.1. The molecular weight excluding hydrogens is 334 g/mol. The minimum atomic E-state index is -0.00164. The smallest absolute Gasteiger partial charge is 0.254 e. The monoisotopic (exact) mass is 365 g/mol. The highest BCUT2D eigenvalue weighted by Crippen LogP contribution is 2.28. The first-order chi connectivity index (χ1) is 12.0. The van der Waals surface area contributed by atoms with Gasteiger partial charge in [-0.05, 0) is 43.1 Å². The first-order valence-electron chi connectivity index (χ1n) is 9.28. The van der Waals surface area contributed by atoms with Gasteiger partial charge in [-0.3, -0.25) is 4.79 Å². The fourth-order valence-electron chi connectivity index (χ4n) is 2.90. The van der Waals surface area contributed by atoms with Crippen LogP contribution in [-0.2, 0) is 4.74 Å². The summed E-state index contributed by atoms with van der Waals surface area (Å²) in [5.41, 5.74) is 1.72. The summed E-state index contributed by atoms with van der Waals surface area (Å²) in [5, 5.41) is 3.91. The maximum atomic E-state index is 12.7. The average Bonchev–Trinajstić information content (AvgIpc) is 2.59. The van der Waals surface area contributed by atoms with E-state index in [2.05, 4.69) is 31.0 Å². The van der Waals surface area contributed by atoms with Crippen LogP contribution in [-0.4, -0.2) is 49.5 Å². The standard InChI is InChI=1S/C19H31N3O2S/c1-5-25-19-17(18(23)20-8-6-7-14(2)3)15(4)13-16(21-19)22-9-11-24-12-10-22/h13-14H,5-12H2,1-4H3,(H,20,23). The van der Waals surface area contributed by atoms with Gasteiger partial charge in [0.1, 0.15) is 10.8 Å². The summed E-state index contributed by atoms with van der Waals surface area (Å²) in [6.07, 6.45) is 2.14. The van der Waals surface area contributed by atoms with Gasteiger partial charge in [-0.1, -0.05) is 20.8 Å². The van der Waals surface area contributed by atoms with Crippen molar-refractivity contribution in [2.24, 2.45) is 5.92 Å². The first kappa shape index (κ1) is 20.0. The molecule has 2 heterocycles. The summed E-state index contributed by atoms with van der Waals surface area (Å²) in [6, 6.07) is 2.04. The van der Waals surface area contributed by atoms with Gasteiger partial charge in [0.25, 0.3) is 5.91 Å². The lowest BCUT2D eigenvalue weighted by molar-refractivity contribution is 0.0948. The number of aryl methyl sites for hydroxylation is 1. The third-order valence-corrected chi connectivity index (χ3v) is 5.11. The molecule has 1 aliphatic rings. The number of anilines is 1. The topological polar surface area (TPSA) is 54.5 Å². The Kier molecular flexibility index (Phi) is 8.03. The number of rotatable bonds is 8. The number of ether oxygens (including phenoxy) is 1. The number of hydrogen-bond donors (Lipinski definition) is 1. The molecule has 1 aromatic rings. The molecular formula is C19H31N3O2S. The first-order valence-corrected chi connectivity index (χ1v) is 10.3. The Labute approximate surface area is 155 Å². The van der Waals surface area contributed by atoms with Crippen LogP contribution in [0.1, 0.15) is 49.5 Å². The second kappa shape index (κ2) is 10.0. The Morgan fingerprint density at radius 1 is 1.40 bits per heavy atom. The van der Waals surface area contributed by atoms with Crippen molar-refractivity contribution >= 4 is 23.5 Å². The quantitative estimate of drug-likeness (QED) is 0.564. The minimum absolute atomic E-state index is 0.00164. The van der Waals surface area contributed by atoms with Gasteiger partial charge in [0, 0.05) is 19.6 Å². The second-order valence-electron chi connectivity index (χ2n) is 6.80. The summed E-state index contributed by atoms with van der Waals surface area (Å²) in [4.78, 5) is 19.7. The van der Waals surface area contributed by atoms with Crippen molar-refractivity contribution in [3.63, 3.8) is 0 Å². The largest absolute Gasteiger partial charge is 0.378 e. The second-order valence-corrected chi connectivity index (χ2v) is 8.05. The van der Waals surface area contributed by atoms with Gasteiger partial charge >= 0.3 is 0 Å². The third-order valence-electron chi connectivity index (χ3n) is 4.26. The molecule has 2 rings (SSSR count). The van der Waals surface area contributed by atoms with Crippen molar-refractivity contribution in [2.75, 3.05) is 43.5 Å². The number of carbonyl (C=O) groups excluding carboxylic acids is 1. The molecule has 0 radical (unpaired) electrons. The number of aromatic nitrogens is 1. The molecule has 1 fully saturated rings. The van der Waals surface area contributed by atoms with Crippen LogP contribution in [0.15, 0.2) is 11.1 Å². The fourth-order valence-corrected chi connectivity index (χ4v) is 3.73. The number of amides is 1. The van der Waals surface area contributed by atoms with Crippen molar-refractivity contribution in [2.45, 2.75) is 45.6 Å². The van der Waals surface area contributed by atoms with Crippen LogP contribution in [0.25, 0.3) is 0 Å². The van der Waals surface area contributed by atoms with E-state index < -0.39 is 0 Å². The molecule has 5 nitrogen and oxygen atoms in total. The predicted molar refractivity (Wildman–Crippen MR) is 105 cm³/mol. The molecule has 1 saturated heterocycles. The molecule has 1 aliphatic heterocycles. The number of nitrogens with zero attached hydrogens (tertiary/aromatic N) is 2. The van der Waals surface area contributed by atoms with Gasteiger partial charge in [-0.2, -0.15) is 0 Å². The van der Waals surface area contributed by atoms with Crippen LogP contribution in [0.2, 0.25) is 0 Å². The lowest BCUT2D eigenvalue weighted by Gasteiger charge is -2.28. The molecule has 0 atom stereocenters. The molecule has 1 N–H and O–H groups in total. The van der Waals surface area contributed by atoms with Crippen LogP contribution < -0.4 is 10.2 Å². The molecule has 0 saturated carbocycles. The molecule has 25 heavy (non-hydrogen) atoms. The molecule has 1 aromatic heterocycles. The van der Waals surface area contributed by atoms with E-state index in [4.69, 9.17) is 9.72 Å². The zero-order valence-electron chi connectivity index (χ0n) is 15.9. The normalized spacial score (nSPS) is 14.8. The molecule has 0 aliphatic carbocycles. The number of thioether (sulfide) groups is 1. The van der Waals surface area contributed by atoms with E-state index in [0.29, 0.717) is 5.92 Å². The molecule has 0 spiro atoms. The Bertz CT molecular complexity index is 572. The van der Waals surface area contributed by atoms with Gasteiger partial charge in [0.15, 0.2) is 0 Å². The van der Waals surface area contributed by atoms with Gasteiger partial charge in [0.2, 0.25) is 0 Å². The maximum Gasteiger partial charge on any atom is 0.254 e. The van der Waals surface area contributed by atoms with Crippen LogP contribution in [0, 0.1) is 12.8 Å². The fraction of sp³-hybridized carbons (Fsp3) is 0.684. The zero-order chi connectivity index (χ0) is 18.2. The van der Waals surface area contributed by atoms with E-state index in [-0.39, 0.29) is 5.91 Å². The van der Waals surface area contributed by atoms with Crippen LogP contribution >= 0.6 is 11.8 Å². The van der Waals surface area contributed by atoms with Gasteiger partial charge < -0.3 is 15.0 Å². The number of morpholine rings is 1. The van der Waals surface area contributed by atoms with Crippen molar-refractivity contribution in [3.8, 4) is 0 Å². The van der Waals surface area contributed by atoms with Crippen LogP contribution in [0.5, 0.6) is 0 Å². The molecule has 0 unspecified atom stereocenters. The summed E-state index contributed by atoms with van der Waals surface area (Å²) >= 11 is 1.64. The molecule has 0 bridgehead atoms. The summed E-state index contributed by atoms with van der Waals surface area (Å²) in [6.45, 7) is 12.4. The van der Waals surface area contributed by atoms with Crippen molar-refractivity contribution in [1.82, 2.24) is 10.3 Å². The predicted octanol–water partition coefficient (Wildman–Crippen LogP) is 3.50. The van der Waals surface area contributed by atoms with Gasteiger partial charge in [0.05, 0.1) is 18.8 Å². The molecule has 1 amide bonds. The highest BCUT2D eigenvalue weighted by molar-refractivity contribution is 7.99. The Morgan fingerprint density at radius 2 is 2.12 bits per heavy atom. The summed E-state index contributed by atoms with van der Waals surface area (Å²) in [7, 11) is 0. The summed E-state index contributed by atoms with van der Waals surface area (Å²) in [5.74, 6) is 2.51. The van der Waals surface area contributed by atoms with E-state index in [1.165, 1.54) is 0 Å².